The van der Waals surface area contributed by atoms with Crippen LogP contribution in [0.1, 0.15) is 67.2 Å². The van der Waals surface area contributed by atoms with Crippen LogP contribution < -0.4 is 16.8 Å². The van der Waals surface area contributed by atoms with E-state index in [9.17, 15) is 44.7 Å². The number of nitrogens with two attached hydrogens (primary N) is 2. The van der Waals surface area contributed by atoms with Crippen molar-refractivity contribution in [1.82, 2.24) is 5.32 Å². The Hall–Kier alpha value is -3.71. The maximum atomic E-state index is 13.2. The molecule has 2 aromatic rings. The average Bonchev–Trinajstić information content (AvgIpc) is 2.87. The highest BCUT2D eigenvalue weighted by Crippen LogP contribution is 2.33. The number of hydrogen-bond donors (Lipinski definition) is 3. The van der Waals surface area contributed by atoms with E-state index in [-0.39, 0.29) is 23.6 Å². The van der Waals surface area contributed by atoms with Gasteiger partial charge in [0.05, 0.1) is 17.5 Å². The summed E-state index contributed by atoms with van der Waals surface area (Å²) < 4.78 is 101. The SMILES string of the molecule is NC(N)=NC(=O)Cc1ccc(F)c(C(F)(F)F)c1.O=C(CCC1CCCCC1)NCc1ccc(F)c(C(F)(F)F)c1. The summed E-state index contributed by atoms with van der Waals surface area (Å²) in [6.07, 6.45) is -2.80. The second-order valence-electron chi connectivity index (χ2n) is 9.55. The van der Waals surface area contributed by atoms with Crippen molar-refractivity contribution in [2.24, 2.45) is 22.4 Å². The lowest BCUT2D eigenvalue weighted by Gasteiger charge is -2.21. The number of nitrogens with one attached hydrogen (secondary N) is 1. The molecule has 0 spiro atoms. The van der Waals surface area contributed by atoms with Gasteiger partial charge in [-0.1, -0.05) is 44.2 Å². The van der Waals surface area contributed by atoms with Gasteiger partial charge in [-0.25, -0.2) is 8.78 Å². The van der Waals surface area contributed by atoms with Gasteiger partial charge >= 0.3 is 12.4 Å². The molecule has 0 radical (unpaired) electrons. The molecule has 1 fully saturated rings. The van der Waals surface area contributed by atoms with Crippen LogP contribution in [0.5, 0.6) is 0 Å². The normalized spacial score (nSPS) is 14.0. The predicted molar refractivity (Wildman–Crippen MR) is 135 cm³/mol. The number of carbonyl (C=O) groups is 2. The van der Waals surface area contributed by atoms with Crippen molar-refractivity contribution in [2.45, 2.75) is 70.3 Å². The number of aliphatic imine (C=N–C) groups is 1. The molecule has 0 aliphatic heterocycles. The van der Waals surface area contributed by atoms with Gasteiger partial charge in [0.1, 0.15) is 11.6 Å². The molecule has 14 heteroatoms. The Morgan fingerprint density at radius 3 is 1.85 bits per heavy atom. The van der Waals surface area contributed by atoms with Gasteiger partial charge in [0.25, 0.3) is 5.91 Å². The van der Waals surface area contributed by atoms with E-state index in [4.69, 9.17) is 11.5 Å². The fourth-order valence-electron chi connectivity index (χ4n) is 4.26. The highest BCUT2D eigenvalue weighted by Gasteiger charge is 2.35. The van der Waals surface area contributed by atoms with Gasteiger partial charge in [-0.15, -0.1) is 0 Å². The number of guanidine groups is 1. The van der Waals surface area contributed by atoms with Gasteiger partial charge in [0.15, 0.2) is 5.96 Å². The fourth-order valence-corrected chi connectivity index (χ4v) is 4.26. The number of rotatable bonds is 7. The summed E-state index contributed by atoms with van der Waals surface area (Å²) >= 11 is 0. The van der Waals surface area contributed by atoms with Crippen molar-refractivity contribution >= 4 is 17.8 Å². The molecule has 2 amide bonds. The number of hydrogen-bond acceptors (Lipinski definition) is 2. The summed E-state index contributed by atoms with van der Waals surface area (Å²) in [5.74, 6) is -3.59. The van der Waals surface area contributed by atoms with E-state index >= 15 is 0 Å². The minimum Gasteiger partial charge on any atom is -0.370 e. The van der Waals surface area contributed by atoms with Crippen LogP contribution in [0.4, 0.5) is 35.1 Å². The molecule has 0 unspecified atom stereocenters. The Morgan fingerprint density at radius 1 is 0.829 bits per heavy atom. The first kappa shape index (κ1) is 33.5. The molecular weight excluding hydrogens is 564 g/mol. The van der Waals surface area contributed by atoms with E-state index in [1.165, 1.54) is 25.3 Å². The Balaban J connectivity index is 0.000000296. The molecule has 0 atom stereocenters. The van der Waals surface area contributed by atoms with Gasteiger partial charge in [-0.3, -0.25) is 9.59 Å². The predicted octanol–water partition coefficient (Wildman–Crippen LogP) is 6.01. The Kier molecular flexibility index (Phi) is 12.1. The van der Waals surface area contributed by atoms with Crippen LogP contribution >= 0.6 is 0 Å². The summed E-state index contributed by atoms with van der Waals surface area (Å²) in [6.45, 7) is -0.0210. The van der Waals surface area contributed by atoms with E-state index in [0.717, 1.165) is 37.5 Å². The molecular formula is C27H30F8N4O2. The first-order chi connectivity index (χ1) is 19.1. The second kappa shape index (κ2) is 14.8. The third kappa shape index (κ3) is 11.7. The number of halogens is 8. The topological polar surface area (TPSA) is 111 Å². The number of nitrogens with zero attached hydrogens (tertiary/aromatic N) is 1. The van der Waals surface area contributed by atoms with Crippen LogP contribution in [0.2, 0.25) is 0 Å². The van der Waals surface area contributed by atoms with Crippen LogP contribution in [0.25, 0.3) is 0 Å². The molecule has 1 aliphatic rings. The molecule has 1 aliphatic carbocycles. The van der Waals surface area contributed by atoms with Gasteiger partial charge in [-0.05, 0) is 47.7 Å². The van der Waals surface area contributed by atoms with Crippen LogP contribution in [-0.2, 0) is 34.9 Å². The smallest absolute Gasteiger partial charge is 0.370 e. The lowest BCUT2D eigenvalue weighted by Crippen LogP contribution is -2.24. The number of carbonyl (C=O) groups excluding carboxylic acids is 2. The van der Waals surface area contributed by atoms with E-state index in [0.29, 0.717) is 24.5 Å². The van der Waals surface area contributed by atoms with Crippen LogP contribution in [0.15, 0.2) is 41.4 Å². The Bertz CT molecular complexity index is 1220. The van der Waals surface area contributed by atoms with Gasteiger partial charge in [-0.2, -0.15) is 31.3 Å². The molecule has 0 aromatic heterocycles. The van der Waals surface area contributed by atoms with Crippen molar-refractivity contribution in [3.05, 3.63) is 70.3 Å². The van der Waals surface area contributed by atoms with Crippen LogP contribution in [-0.4, -0.2) is 17.8 Å². The molecule has 6 nitrogen and oxygen atoms in total. The third-order valence-corrected chi connectivity index (χ3v) is 6.28. The molecule has 41 heavy (non-hydrogen) atoms. The second-order valence-corrected chi connectivity index (χ2v) is 9.55. The Labute approximate surface area is 231 Å². The molecule has 0 heterocycles. The third-order valence-electron chi connectivity index (χ3n) is 6.28. The standard InChI is InChI=1S/C17H21F4NO.C10H9F4N3O/c18-15-8-6-13(10-14(15)17(19,20)21)11-22-16(23)9-7-12-4-2-1-3-5-12;11-7-2-1-5(3-6(7)10(12,13)14)4-8(18)17-9(15)16/h6,8,10,12H,1-5,7,9,11H2,(H,22,23);1-3H,4H2,(H4,15,16,17,18). The zero-order chi connectivity index (χ0) is 30.8. The summed E-state index contributed by atoms with van der Waals surface area (Å²) in [4.78, 5) is 26.1. The van der Waals surface area contributed by atoms with Gasteiger partial charge in [0, 0.05) is 13.0 Å². The first-order valence-electron chi connectivity index (χ1n) is 12.7. The molecule has 1 saturated carbocycles. The van der Waals surface area contributed by atoms with Crippen LogP contribution in [0, 0.1) is 17.6 Å². The molecule has 5 N–H and O–H groups in total. The summed E-state index contributed by atoms with van der Waals surface area (Å²) in [7, 11) is 0. The Morgan fingerprint density at radius 2 is 1.34 bits per heavy atom. The summed E-state index contributed by atoms with van der Waals surface area (Å²) in [6, 6.07) is 5.04. The molecule has 0 bridgehead atoms. The highest BCUT2D eigenvalue weighted by molar-refractivity contribution is 5.92. The van der Waals surface area contributed by atoms with Crippen molar-refractivity contribution in [2.75, 3.05) is 0 Å². The zero-order valence-electron chi connectivity index (χ0n) is 21.8. The lowest BCUT2D eigenvalue weighted by molar-refractivity contribution is -0.140. The van der Waals surface area contributed by atoms with Crippen molar-refractivity contribution in [1.29, 1.82) is 0 Å². The molecule has 226 valence electrons. The van der Waals surface area contributed by atoms with Crippen molar-refractivity contribution in [3.8, 4) is 0 Å². The zero-order valence-corrected chi connectivity index (χ0v) is 21.8. The largest absolute Gasteiger partial charge is 0.419 e. The number of amides is 2. The minimum absolute atomic E-state index is 0.0210. The van der Waals surface area contributed by atoms with Crippen molar-refractivity contribution in [3.63, 3.8) is 0 Å². The summed E-state index contributed by atoms with van der Waals surface area (Å²) in [5, 5.41) is 2.61. The van der Waals surface area contributed by atoms with E-state index < -0.39 is 53.4 Å². The highest BCUT2D eigenvalue weighted by atomic mass is 19.4. The maximum Gasteiger partial charge on any atom is 0.419 e. The van der Waals surface area contributed by atoms with Crippen LogP contribution in [0.3, 0.4) is 0 Å². The fraction of sp³-hybridized carbons (Fsp3) is 0.444. The van der Waals surface area contributed by atoms with Gasteiger partial charge in [0.2, 0.25) is 5.91 Å². The summed E-state index contributed by atoms with van der Waals surface area (Å²) in [5.41, 5.74) is 7.35. The molecule has 2 aromatic carbocycles. The average molecular weight is 595 g/mol. The van der Waals surface area contributed by atoms with E-state index in [2.05, 4.69) is 10.3 Å². The lowest BCUT2D eigenvalue weighted by atomic mass is 9.86. The van der Waals surface area contributed by atoms with E-state index in [1.807, 2.05) is 0 Å². The molecule has 0 saturated heterocycles. The number of alkyl halides is 6. The quantitative estimate of drug-likeness (QED) is 0.207. The van der Waals surface area contributed by atoms with Crippen molar-refractivity contribution < 1.29 is 44.7 Å². The number of benzene rings is 2. The van der Waals surface area contributed by atoms with Gasteiger partial charge < -0.3 is 16.8 Å². The minimum atomic E-state index is -4.82. The molecule has 3 rings (SSSR count). The van der Waals surface area contributed by atoms with E-state index in [1.54, 1.807) is 0 Å². The monoisotopic (exact) mass is 594 g/mol. The first-order valence-corrected chi connectivity index (χ1v) is 12.7. The maximum absolute atomic E-state index is 13.2.